The van der Waals surface area contributed by atoms with Crippen molar-refractivity contribution in [2.45, 2.75) is 24.6 Å². The maximum absolute atomic E-state index is 13.2. The third kappa shape index (κ3) is 3.55. The summed E-state index contributed by atoms with van der Waals surface area (Å²) >= 11 is 1.51. The van der Waals surface area contributed by atoms with Crippen molar-refractivity contribution in [3.05, 3.63) is 58.5 Å². The van der Waals surface area contributed by atoms with Gasteiger partial charge in [-0.1, -0.05) is 0 Å². The maximum Gasteiger partial charge on any atom is 0.123 e. The average Bonchev–Trinajstić information content (AvgIpc) is 2.35. The number of aryl methyl sites for hydroxylation is 2. The lowest BCUT2D eigenvalue weighted by atomic mass is 10.1. The first-order valence-electron chi connectivity index (χ1n) is 5.85. The van der Waals surface area contributed by atoms with Gasteiger partial charge in [-0.3, -0.25) is 0 Å². The summed E-state index contributed by atoms with van der Waals surface area (Å²) in [5.41, 5.74) is 3.32. The number of halogens is 1. The Balaban J connectivity index is 2.19. The number of pyridine rings is 1. The van der Waals surface area contributed by atoms with Crippen LogP contribution in [-0.4, -0.2) is 4.98 Å². The third-order valence-electron chi connectivity index (χ3n) is 2.64. The topological polar surface area (TPSA) is 36.7 Å². The molecule has 0 unspecified atom stereocenters. The second-order valence-corrected chi connectivity index (χ2v) is 5.32. The van der Waals surface area contributed by atoms with Gasteiger partial charge < -0.3 is 0 Å². The van der Waals surface area contributed by atoms with E-state index in [2.05, 4.69) is 11.1 Å². The summed E-state index contributed by atoms with van der Waals surface area (Å²) in [5.74, 6) is 0.222. The lowest BCUT2D eigenvalue weighted by Gasteiger charge is -2.06. The summed E-state index contributed by atoms with van der Waals surface area (Å²) in [6.07, 6.45) is 0. The molecule has 0 aliphatic carbocycles. The van der Waals surface area contributed by atoms with Gasteiger partial charge in [0.25, 0.3) is 0 Å². The predicted octanol–water partition coefficient (Wildman–Crippen LogP) is 4.00. The van der Waals surface area contributed by atoms with E-state index in [1.165, 1.54) is 30.0 Å². The number of aromatic nitrogens is 1. The summed E-state index contributed by atoms with van der Waals surface area (Å²) in [7, 11) is 0. The quantitative estimate of drug-likeness (QED) is 0.792. The zero-order chi connectivity index (χ0) is 13.8. The van der Waals surface area contributed by atoms with Gasteiger partial charge in [-0.25, -0.2) is 9.37 Å². The fourth-order valence-electron chi connectivity index (χ4n) is 1.82. The highest BCUT2D eigenvalue weighted by Crippen LogP contribution is 2.24. The van der Waals surface area contributed by atoms with E-state index < -0.39 is 0 Å². The number of hydrogen-bond donors (Lipinski definition) is 0. The Bertz CT molecular complexity index is 627. The molecule has 0 saturated carbocycles. The number of nitriles is 1. The van der Waals surface area contributed by atoms with Gasteiger partial charge in [0, 0.05) is 11.4 Å². The van der Waals surface area contributed by atoms with Crippen LogP contribution in [0.15, 0.2) is 35.4 Å². The molecule has 0 radical (unpaired) electrons. The molecule has 0 atom stereocenters. The summed E-state index contributed by atoms with van der Waals surface area (Å²) < 4.78 is 13.2. The van der Waals surface area contributed by atoms with Crippen molar-refractivity contribution < 1.29 is 4.39 Å². The van der Waals surface area contributed by atoms with Crippen LogP contribution in [0.4, 0.5) is 4.39 Å². The molecule has 0 amide bonds. The maximum atomic E-state index is 13.2. The van der Waals surface area contributed by atoms with E-state index in [-0.39, 0.29) is 5.82 Å². The van der Waals surface area contributed by atoms with Gasteiger partial charge in [0.05, 0.1) is 16.7 Å². The van der Waals surface area contributed by atoms with Crippen molar-refractivity contribution in [2.75, 3.05) is 0 Å². The van der Waals surface area contributed by atoms with Crippen molar-refractivity contribution in [3.8, 4) is 6.07 Å². The van der Waals surface area contributed by atoms with Crippen molar-refractivity contribution >= 4 is 11.8 Å². The lowest BCUT2D eigenvalue weighted by molar-refractivity contribution is 0.626. The molecule has 1 heterocycles. The molecular weight excluding hydrogens is 259 g/mol. The largest absolute Gasteiger partial charge is 0.247 e. The monoisotopic (exact) mass is 272 g/mol. The van der Waals surface area contributed by atoms with E-state index in [0.29, 0.717) is 16.9 Å². The molecule has 0 spiro atoms. The molecular formula is C15H13FN2S. The van der Waals surface area contributed by atoms with E-state index in [9.17, 15) is 4.39 Å². The normalized spacial score (nSPS) is 10.2. The van der Waals surface area contributed by atoms with Gasteiger partial charge in [-0.2, -0.15) is 5.26 Å². The highest BCUT2D eigenvalue weighted by atomic mass is 32.2. The van der Waals surface area contributed by atoms with Crippen LogP contribution in [0.5, 0.6) is 0 Å². The molecule has 0 fully saturated rings. The van der Waals surface area contributed by atoms with E-state index >= 15 is 0 Å². The Hall–Kier alpha value is -1.86. The van der Waals surface area contributed by atoms with Crippen LogP contribution >= 0.6 is 11.8 Å². The zero-order valence-electron chi connectivity index (χ0n) is 10.8. The number of hydrogen-bond acceptors (Lipinski definition) is 3. The molecule has 0 saturated heterocycles. The first-order chi connectivity index (χ1) is 9.08. The average molecular weight is 272 g/mol. The molecule has 1 aromatic heterocycles. The predicted molar refractivity (Wildman–Crippen MR) is 74.4 cm³/mol. The second kappa shape index (κ2) is 5.85. The molecule has 4 heteroatoms. The van der Waals surface area contributed by atoms with Gasteiger partial charge in [-0.05, 0) is 55.3 Å². The van der Waals surface area contributed by atoms with Gasteiger partial charge in [0.1, 0.15) is 5.82 Å². The van der Waals surface area contributed by atoms with E-state index in [0.717, 1.165) is 16.3 Å². The molecule has 2 nitrogen and oxygen atoms in total. The van der Waals surface area contributed by atoms with Crippen molar-refractivity contribution in [1.82, 2.24) is 4.98 Å². The fraction of sp³-hybridized carbons (Fsp3) is 0.200. The first kappa shape index (κ1) is 13.6. The molecule has 19 heavy (non-hydrogen) atoms. The Kier molecular flexibility index (Phi) is 4.18. The number of benzene rings is 1. The van der Waals surface area contributed by atoms with Crippen LogP contribution in [-0.2, 0) is 5.75 Å². The van der Waals surface area contributed by atoms with E-state index in [1.807, 2.05) is 26.0 Å². The molecule has 96 valence electrons. The Morgan fingerprint density at radius 2 is 2.05 bits per heavy atom. The van der Waals surface area contributed by atoms with Crippen LogP contribution < -0.4 is 0 Å². The van der Waals surface area contributed by atoms with E-state index in [1.54, 1.807) is 0 Å². The minimum absolute atomic E-state index is 0.317. The lowest BCUT2D eigenvalue weighted by Crippen LogP contribution is -1.91. The third-order valence-corrected chi connectivity index (χ3v) is 3.60. The van der Waals surface area contributed by atoms with Gasteiger partial charge in [0.2, 0.25) is 0 Å². The first-order valence-corrected chi connectivity index (χ1v) is 6.83. The summed E-state index contributed by atoms with van der Waals surface area (Å²) in [6.45, 7) is 3.96. The Morgan fingerprint density at radius 1 is 1.26 bits per heavy atom. The van der Waals surface area contributed by atoms with Crippen LogP contribution in [0, 0.1) is 31.0 Å². The standard InChI is InChI=1S/C15H13FN2S/c1-10-5-11(2)18-15(6-10)19-9-13-7-14(16)4-3-12(13)8-17/h3-7H,9H2,1-2H3. The van der Waals surface area contributed by atoms with E-state index in [4.69, 9.17) is 5.26 Å². The Morgan fingerprint density at radius 3 is 2.74 bits per heavy atom. The smallest absolute Gasteiger partial charge is 0.123 e. The minimum Gasteiger partial charge on any atom is -0.247 e. The molecule has 0 aliphatic heterocycles. The van der Waals surface area contributed by atoms with Crippen LogP contribution in [0.3, 0.4) is 0 Å². The van der Waals surface area contributed by atoms with Crippen molar-refractivity contribution in [1.29, 1.82) is 5.26 Å². The zero-order valence-corrected chi connectivity index (χ0v) is 11.6. The fourth-order valence-corrected chi connectivity index (χ4v) is 2.84. The van der Waals surface area contributed by atoms with Gasteiger partial charge in [-0.15, -0.1) is 11.8 Å². The molecule has 2 rings (SSSR count). The number of nitrogens with zero attached hydrogens (tertiary/aromatic N) is 2. The Labute approximate surface area is 116 Å². The highest BCUT2D eigenvalue weighted by molar-refractivity contribution is 7.98. The van der Waals surface area contributed by atoms with Crippen LogP contribution in [0.1, 0.15) is 22.4 Å². The second-order valence-electron chi connectivity index (χ2n) is 4.33. The van der Waals surface area contributed by atoms with Crippen molar-refractivity contribution in [3.63, 3.8) is 0 Å². The molecule has 2 aromatic rings. The molecule has 1 aromatic carbocycles. The molecule has 0 N–H and O–H groups in total. The SMILES string of the molecule is Cc1cc(C)nc(SCc2cc(F)ccc2C#N)c1. The van der Waals surface area contributed by atoms with Crippen LogP contribution in [0.25, 0.3) is 0 Å². The molecule has 0 bridgehead atoms. The minimum atomic E-state index is -0.317. The summed E-state index contributed by atoms with van der Waals surface area (Å²) in [5, 5.41) is 9.89. The number of rotatable bonds is 3. The van der Waals surface area contributed by atoms with Crippen LogP contribution in [0.2, 0.25) is 0 Å². The van der Waals surface area contributed by atoms with Crippen molar-refractivity contribution in [2.24, 2.45) is 0 Å². The highest BCUT2D eigenvalue weighted by Gasteiger charge is 2.06. The molecule has 0 aliphatic rings. The summed E-state index contributed by atoms with van der Waals surface area (Å²) in [6, 6.07) is 10.3. The van der Waals surface area contributed by atoms with Gasteiger partial charge in [0.15, 0.2) is 0 Å². The number of thioether (sulfide) groups is 1. The summed E-state index contributed by atoms with van der Waals surface area (Å²) in [4.78, 5) is 4.41. The van der Waals surface area contributed by atoms with Gasteiger partial charge >= 0.3 is 0 Å².